The van der Waals surface area contributed by atoms with E-state index in [9.17, 15) is 5.26 Å². The van der Waals surface area contributed by atoms with Crippen molar-refractivity contribution in [2.24, 2.45) is 5.10 Å². The van der Waals surface area contributed by atoms with Crippen LogP contribution in [0.4, 0.5) is 5.82 Å². The zero-order chi connectivity index (χ0) is 21.3. The molecule has 0 saturated carbocycles. The highest BCUT2D eigenvalue weighted by molar-refractivity contribution is 6.30. The van der Waals surface area contributed by atoms with Crippen molar-refractivity contribution < 1.29 is 9.47 Å². The van der Waals surface area contributed by atoms with Crippen LogP contribution in [0.5, 0.6) is 5.75 Å². The van der Waals surface area contributed by atoms with Crippen LogP contribution in [0.25, 0.3) is 0 Å². The molecule has 0 aliphatic rings. The Morgan fingerprint density at radius 1 is 1.17 bits per heavy atom. The van der Waals surface area contributed by atoms with Crippen LogP contribution in [0.2, 0.25) is 5.02 Å². The number of nitriles is 1. The van der Waals surface area contributed by atoms with Gasteiger partial charge >= 0.3 is 0 Å². The quantitative estimate of drug-likeness (QED) is 0.405. The van der Waals surface area contributed by atoms with E-state index >= 15 is 0 Å². The van der Waals surface area contributed by atoms with Crippen LogP contribution in [-0.4, -0.2) is 18.3 Å². The topological polar surface area (TPSA) is 79.5 Å². The molecule has 1 N–H and O–H groups in total. The van der Waals surface area contributed by atoms with Gasteiger partial charge in [-0.1, -0.05) is 35.9 Å². The van der Waals surface area contributed by atoms with Crippen LogP contribution in [0.3, 0.4) is 0 Å². The van der Waals surface area contributed by atoms with E-state index in [4.69, 9.17) is 21.1 Å². The van der Waals surface area contributed by atoms with Gasteiger partial charge in [0.2, 0.25) is 0 Å². The molecule has 0 fully saturated rings. The molecule has 1 aromatic heterocycles. The van der Waals surface area contributed by atoms with E-state index < -0.39 is 0 Å². The molecule has 3 rings (SSSR count). The Labute approximate surface area is 180 Å². The van der Waals surface area contributed by atoms with Crippen LogP contribution < -0.4 is 10.2 Å². The number of rotatable bonds is 8. The van der Waals surface area contributed by atoms with E-state index in [0.29, 0.717) is 35.4 Å². The van der Waals surface area contributed by atoms with Crippen molar-refractivity contribution in [1.82, 2.24) is 4.98 Å². The summed E-state index contributed by atoms with van der Waals surface area (Å²) >= 11 is 5.92. The lowest BCUT2D eigenvalue weighted by Gasteiger charge is -2.10. The Bertz CT molecular complexity index is 1080. The molecule has 0 amide bonds. The summed E-state index contributed by atoms with van der Waals surface area (Å²) in [5.41, 5.74) is 6.61. The first kappa shape index (κ1) is 21.3. The highest BCUT2D eigenvalue weighted by Crippen LogP contribution is 2.21. The molecule has 7 heteroatoms. The van der Waals surface area contributed by atoms with E-state index in [1.54, 1.807) is 13.3 Å². The zero-order valence-corrected chi connectivity index (χ0v) is 17.5. The van der Waals surface area contributed by atoms with Crippen LogP contribution >= 0.6 is 11.6 Å². The highest BCUT2D eigenvalue weighted by Gasteiger charge is 2.11. The van der Waals surface area contributed by atoms with Crippen molar-refractivity contribution in [2.75, 3.05) is 12.5 Å². The Morgan fingerprint density at radius 3 is 2.67 bits per heavy atom. The summed E-state index contributed by atoms with van der Waals surface area (Å²) < 4.78 is 11.1. The number of anilines is 1. The van der Waals surface area contributed by atoms with Gasteiger partial charge in [0, 0.05) is 29.0 Å². The van der Waals surface area contributed by atoms with Gasteiger partial charge in [-0.25, -0.2) is 4.98 Å². The second-order valence-electron chi connectivity index (χ2n) is 6.51. The number of pyridine rings is 1. The second kappa shape index (κ2) is 10.4. The number of nitrogens with one attached hydrogen (secondary N) is 1. The number of aromatic nitrogens is 1. The van der Waals surface area contributed by atoms with Crippen LogP contribution in [0.1, 0.15) is 27.9 Å². The Kier molecular flexibility index (Phi) is 7.39. The zero-order valence-electron chi connectivity index (χ0n) is 16.7. The van der Waals surface area contributed by atoms with E-state index in [1.807, 2.05) is 61.5 Å². The van der Waals surface area contributed by atoms with Crippen molar-refractivity contribution in [3.63, 3.8) is 0 Å². The molecule has 0 saturated heterocycles. The number of halogens is 1. The smallest absolute Gasteiger partial charge is 0.164 e. The minimum absolute atomic E-state index is 0.325. The Morgan fingerprint density at radius 2 is 1.93 bits per heavy atom. The average molecular weight is 421 g/mol. The fraction of sp³-hybridized carbons (Fsp3) is 0.174. The van der Waals surface area contributed by atoms with E-state index in [2.05, 4.69) is 21.6 Å². The van der Waals surface area contributed by atoms with Gasteiger partial charge < -0.3 is 9.47 Å². The van der Waals surface area contributed by atoms with E-state index in [1.165, 1.54) is 0 Å². The second-order valence-corrected chi connectivity index (χ2v) is 6.95. The maximum absolute atomic E-state index is 9.51. The number of aryl methyl sites for hydroxylation is 1. The van der Waals surface area contributed by atoms with Crippen LogP contribution in [0, 0.1) is 18.3 Å². The molecule has 30 heavy (non-hydrogen) atoms. The molecule has 0 atom stereocenters. The molecular formula is C23H21ClN4O2. The van der Waals surface area contributed by atoms with Gasteiger partial charge in [0.05, 0.1) is 12.8 Å². The van der Waals surface area contributed by atoms with Crippen molar-refractivity contribution in [1.29, 1.82) is 5.26 Å². The summed E-state index contributed by atoms with van der Waals surface area (Å²) in [5, 5.41) is 14.5. The third-order valence-electron chi connectivity index (χ3n) is 4.24. The first-order valence-electron chi connectivity index (χ1n) is 9.25. The predicted octanol–water partition coefficient (Wildman–Crippen LogP) is 5.09. The number of para-hydroxylation sites is 1. The summed E-state index contributed by atoms with van der Waals surface area (Å²) in [6.45, 7) is 2.59. The first-order chi connectivity index (χ1) is 14.6. The van der Waals surface area contributed by atoms with Gasteiger partial charge in [0.1, 0.15) is 24.0 Å². The van der Waals surface area contributed by atoms with E-state index in [0.717, 1.165) is 22.4 Å². The van der Waals surface area contributed by atoms with Crippen molar-refractivity contribution in [3.05, 3.63) is 87.6 Å². The number of nitrogens with zero attached hydrogens (tertiary/aromatic N) is 3. The third-order valence-corrected chi connectivity index (χ3v) is 4.49. The molecule has 0 spiro atoms. The molecule has 0 radical (unpaired) electrons. The van der Waals surface area contributed by atoms with E-state index in [-0.39, 0.29) is 0 Å². The molecule has 6 nitrogen and oxygen atoms in total. The maximum Gasteiger partial charge on any atom is 0.164 e. The molecule has 0 aliphatic carbocycles. The van der Waals surface area contributed by atoms with Gasteiger partial charge in [-0.05, 0) is 42.8 Å². The minimum atomic E-state index is 0.325. The monoisotopic (exact) mass is 420 g/mol. The normalized spacial score (nSPS) is 10.7. The summed E-state index contributed by atoms with van der Waals surface area (Å²) in [5.74, 6) is 1.08. The van der Waals surface area contributed by atoms with Crippen LogP contribution in [0.15, 0.2) is 59.7 Å². The summed E-state index contributed by atoms with van der Waals surface area (Å²) in [6, 6.07) is 19.1. The Hall–Kier alpha value is -3.40. The van der Waals surface area contributed by atoms with Gasteiger partial charge in [0.15, 0.2) is 5.82 Å². The molecule has 1 heterocycles. The minimum Gasteiger partial charge on any atom is -0.488 e. The molecule has 152 valence electrons. The number of hydrogen-bond acceptors (Lipinski definition) is 6. The van der Waals surface area contributed by atoms with Gasteiger partial charge in [0.25, 0.3) is 0 Å². The van der Waals surface area contributed by atoms with Gasteiger partial charge in [-0.15, -0.1) is 0 Å². The molecule has 3 aromatic rings. The number of methoxy groups -OCH3 is 1. The number of benzene rings is 2. The molecule has 0 unspecified atom stereocenters. The Balaban J connectivity index is 1.74. The third kappa shape index (κ3) is 5.57. The molecule has 0 aliphatic heterocycles. The summed E-state index contributed by atoms with van der Waals surface area (Å²) in [7, 11) is 1.59. The summed E-state index contributed by atoms with van der Waals surface area (Å²) in [6.07, 6.45) is 1.64. The fourth-order valence-electron chi connectivity index (χ4n) is 2.84. The number of hydrazone groups is 1. The standard InChI is InChI=1S/C23H21ClN4O2/c1-16-11-19(15-29-2)21(12-25)23(27-16)28-26-13-18-5-3-4-6-22(18)30-14-17-7-9-20(24)10-8-17/h3-11,13H,14-15H2,1-2H3,(H,27,28)/b26-13-. The van der Waals surface area contributed by atoms with Crippen molar-refractivity contribution >= 4 is 23.6 Å². The van der Waals surface area contributed by atoms with Gasteiger partial charge in [-0.3, -0.25) is 5.43 Å². The van der Waals surface area contributed by atoms with Crippen LogP contribution in [-0.2, 0) is 18.0 Å². The molecule has 0 bridgehead atoms. The average Bonchev–Trinajstić information content (AvgIpc) is 2.74. The highest BCUT2D eigenvalue weighted by atomic mass is 35.5. The van der Waals surface area contributed by atoms with Gasteiger partial charge in [-0.2, -0.15) is 10.4 Å². The maximum atomic E-state index is 9.51. The summed E-state index contributed by atoms with van der Waals surface area (Å²) in [4.78, 5) is 4.38. The fourth-order valence-corrected chi connectivity index (χ4v) is 2.97. The largest absolute Gasteiger partial charge is 0.488 e. The van der Waals surface area contributed by atoms with Crippen molar-refractivity contribution in [2.45, 2.75) is 20.1 Å². The predicted molar refractivity (Wildman–Crippen MR) is 118 cm³/mol. The lowest BCUT2D eigenvalue weighted by atomic mass is 10.1. The molecule has 2 aromatic carbocycles. The number of ether oxygens (including phenoxy) is 2. The van der Waals surface area contributed by atoms with Crippen molar-refractivity contribution in [3.8, 4) is 11.8 Å². The number of hydrogen-bond donors (Lipinski definition) is 1. The SMILES string of the molecule is COCc1cc(C)nc(N/N=C\c2ccccc2OCc2ccc(Cl)cc2)c1C#N. The lowest BCUT2D eigenvalue weighted by Crippen LogP contribution is -2.04. The lowest BCUT2D eigenvalue weighted by molar-refractivity contribution is 0.184. The first-order valence-corrected chi connectivity index (χ1v) is 9.63. The molecular weight excluding hydrogens is 400 g/mol.